The van der Waals surface area contributed by atoms with Gasteiger partial charge < -0.3 is 0 Å². The summed E-state index contributed by atoms with van der Waals surface area (Å²) in [4.78, 5) is 38.8. The third kappa shape index (κ3) is 3.70. The number of ketones is 1. The number of amides is 2. The maximum absolute atomic E-state index is 12.7. The van der Waals surface area contributed by atoms with Gasteiger partial charge in [-0.25, -0.2) is 0 Å². The van der Waals surface area contributed by atoms with Crippen molar-refractivity contribution >= 4 is 17.6 Å². The molecule has 140 valence electrons. The van der Waals surface area contributed by atoms with Crippen molar-refractivity contribution in [2.75, 3.05) is 6.54 Å². The van der Waals surface area contributed by atoms with Crippen LogP contribution in [0.2, 0.25) is 0 Å². The predicted octanol–water partition coefficient (Wildman–Crippen LogP) is 4.49. The van der Waals surface area contributed by atoms with Crippen LogP contribution >= 0.6 is 0 Å². The van der Waals surface area contributed by atoms with E-state index < -0.39 is 0 Å². The van der Waals surface area contributed by atoms with Crippen molar-refractivity contribution in [1.82, 2.24) is 4.90 Å². The summed E-state index contributed by atoms with van der Waals surface area (Å²) in [5.41, 5.74) is 2.77. The Balaban J connectivity index is 1.64. The highest BCUT2D eigenvalue weighted by Crippen LogP contribution is 2.25. The van der Waals surface area contributed by atoms with Gasteiger partial charge in [-0.1, -0.05) is 64.1 Å². The Morgan fingerprint density at radius 1 is 0.926 bits per heavy atom. The van der Waals surface area contributed by atoms with Gasteiger partial charge in [-0.2, -0.15) is 0 Å². The molecule has 1 aliphatic heterocycles. The maximum atomic E-state index is 12.7. The topological polar surface area (TPSA) is 54.5 Å². The predicted molar refractivity (Wildman–Crippen MR) is 105 cm³/mol. The first kappa shape index (κ1) is 19.0. The van der Waals surface area contributed by atoms with Gasteiger partial charge >= 0.3 is 0 Å². The van der Waals surface area contributed by atoms with Crippen molar-refractivity contribution in [1.29, 1.82) is 0 Å². The second-order valence-corrected chi connectivity index (χ2v) is 8.19. The Bertz CT molecular complexity index is 856. The largest absolute Gasteiger partial charge is 0.294 e. The average Bonchev–Trinajstić information content (AvgIpc) is 2.89. The summed E-state index contributed by atoms with van der Waals surface area (Å²) in [7, 11) is 0. The van der Waals surface area contributed by atoms with Crippen LogP contribution in [0.3, 0.4) is 0 Å². The van der Waals surface area contributed by atoms with E-state index in [2.05, 4.69) is 20.8 Å². The van der Waals surface area contributed by atoms with Crippen molar-refractivity contribution in [2.45, 2.75) is 39.5 Å². The zero-order valence-corrected chi connectivity index (χ0v) is 16.3. The zero-order valence-electron chi connectivity index (χ0n) is 16.3. The molecule has 0 bridgehead atoms. The molecule has 4 nitrogen and oxygen atoms in total. The number of Topliss-reactive ketones (excluding diaryl/α,β-unsaturated/α-hetero) is 1. The third-order valence-electron chi connectivity index (χ3n) is 5.15. The van der Waals surface area contributed by atoms with Crippen molar-refractivity contribution in [3.8, 4) is 0 Å². The summed E-state index contributed by atoms with van der Waals surface area (Å²) in [6.45, 7) is 8.50. The lowest BCUT2D eigenvalue weighted by Gasteiger charge is -2.20. The van der Waals surface area contributed by atoms with Gasteiger partial charge in [0.05, 0.1) is 11.1 Å². The van der Waals surface area contributed by atoms with Crippen LogP contribution in [0.4, 0.5) is 0 Å². The summed E-state index contributed by atoms with van der Waals surface area (Å²) in [6.07, 6.45) is 0.450. The van der Waals surface area contributed by atoms with E-state index in [1.807, 2.05) is 31.2 Å². The summed E-state index contributed by atoms with van der Waals surface area (Å²) < 4.78 is 0. The molecule has 3 rings (SSSR count). The lowest BCUT2D eigenvalue weighted by atomic mass is 9.85. The number of rotatable bonds is 5. The van der Waals surface area contributed by atoms with Gasteiger partial charge in [0, 0.05) is 18.0 Å². The fraction of sp³-hybridized carbons (Fsp3) is 0.348. The molecule has 0 radical (unpaired) electrons. The number of imide groups is 1. The number of benzene rings is 2. The number of hydrogen-bond acceptors (Lipinski definition) is 3. The van der Waals surface area contributed by atoms with Crippen LogP contribution in [0.15, 0.2) is 48.5 Å². The van der Waals surface area contributed by atoms with E-state index in [1.165, 1.54) is 10.5 Å². The molecule has 27 heavy (non-hydrogen) atoms. The van der Waals surface area contributed by atoms with Crippen molar-refractivity contribution in [2.24, 2.45) is 5.92 Å². The first-order chi connectivity index (χ1) is 12.7. The average molecular weight is 363 g/mol. The lowest BCUT2D eigenvalue weighted by molar-refractivity contribution is 0.0638. The minimum absolute atomic E-state index is 0.0343. The molecule has 1 aliphatic rings. The minimum atomic E-state index is -0.273. The molecule has 2 aromatic rings. The molecule has 0 aliphatic carbocycles. The molecular formula is C23H25NO3. The van der Waals surface area contributed by atoms with Crippen LogP contribution in [0, 0.1) is 5.92 Å². The molecule has 0 spiro atoms. The van der Waals surface area contributed by atoms with Crippen molar-refractivity contribution in [3.63, 3.8) is 0 Å². The van der Waals surface area contributed by atoms with Crippen LogP contribution in [-0.2, 0) is 5.41 Å². The van der Waals surface area contributed by atoms with Crippen molar-refractivity contribution < 1.29 is 14.4 Å². The minimum Gasteiger partial charge on any atom is -0.294 e. The highest BCUT2D eigenvalue weighted by molar-refractivity contribution is 6.21. The normalized spacial score (nSPS) is 15.0. The number of hydrogen-bond donors (Lipinski definition) is 0. The number of fused-ring (bicyclic) bond motifs is 1. The fourth-order valence-electron chi connectivity index (χ4n) is 3.32. The van der Waals surface area contributed by atoms with Crippen LogP contribution < -0.4 is 0 Å². The molecule has 0 saturated carbocycles. The highest BCUT2D eigenvalue weighted by Gasteiger charge is 2.35. The summed E-state index contributed by atoms with van der Waals surface area (Å²) in [6, 6.07) is 14.5. The van der Waals surface area contributed by atoms with Crippen LogP contribution in [0.25, 0.3) is 0 Å². The Kier molecular flexibility index (Phi) is 5.01. The Hall–Kier alpha value is -2.75. The number of carbonyl (C=O) groups excluding carboxylic acids is 3. The van der Waals surface area contributed by atoms with E-state index in [9.17, 15) is 14.4 Å². The molecule has 1 heterocycles. The molecule has 1 unspecified atom stereocenters. The molecule has 2 amide bonds. The summed E-state index contributed by atoms with van der Waals surface area (Å²) >= 11 is 0. The van der Waals surface area contributed by atoms with Crippen molar-refractivity contribution in [3.05, 3.63) is 70.8 Å². The van der Waals surface area contributed by atoms with Crippen LogP contribution in [-0.4, -0.2) is 29.0 Å². The lowest BCUT2D eigenvalue weighted by Crippen LogP contribution is -2.32. The van der Waals surface area contributed by atoms with E-state index in [4.69, 9.17) is 0 Å². The molecule has 0 saturated heterocycles. The standard InChI is InChI=1S/C23H25NO3/c1-15(20(25)16-9-11-17(12-10-16)23(2,3)4)13-14-24-21(26)18-7-5-6-8-19(18)22(24)27/h5-12,15H,13-14H2,1-4H3. The van der Waals surface area contributed by atoms with E-state index in [-0.39, 0.29) is 35.5 Å². The van der Waals surface area contributed by atoms with E-state index in [0.717, 1.165) is 0 Å². The SMILES string of the molecule is CC(CCN1C(=O)c2ccccc2C1=O)C(=O)c1ccc(C(C)(C)C)cc1. The van der Waals surface area contributed by atoms with Crippen LogP contribution in [0.1, 0.15) is 70.8 Å². The molecule has 0 aromatic heterocycles. The molecular weight excluding hydrogens is 338 g/mol. The third-order valence-corrected chi connectivity index (χ3v) is 5.15. The van der Waals surface area contributed by atoms with E-state index in [1.54, 1.807) is 24.3 Å². The summed E-state index contributed by atoms with van der Waals surface area (Å²) in [5.74, 6) is -0.781. The van der Waals surface area contributed by atoms with Gasteiger partial charge in [0.25, 0.3) is 11.8 Å². The second kappa shape index (κ2) is 7.10. The Morgan fingerprint density at radius 3 is 1.93 bits per heavy atom. The quantitative estimate of drug-likeness (QED) is 0.581. The monoisotopic (exact) mass is 363 g/mol. The smallest absolute Gasteiger partial charge is 0.261 e. The van der Waals surface area contributed by atoms with Gasteiger partial charge in [0.2, 0.25) is 0 Å². The highest BCUT2D eigenvalue weighted by atomic mass is 16.2. The van der Waals surface area contributed by atoms with E-state index >= 15 is 0 Å². The molecule has 1 atom stereocenters. The number of nitrogens with zero attached hydrogens (tertiary/aromatic N) is 1. The molecule has 0 N–H and O–H groups in total. The molecule has 2 aromatic carbocycles. The first-order valence-corrected chi connectivity index (χ1v) is 9.30. The van der Waals surface area contributed by atoms with Gasteiger partial charge in [-0.3, -0.25) is 19.3 Å². The molecule has 0 fully saturated rings. The van der Waals surface area contributed by atoms with Gasteiger partial charge in [0.1, 0.15) is 0 Å². The van der Waals surface area contributed by atoms with E-state index in [0.29, 0.717) is 23.1 Å². The van der Waals surface area contributed by atoms with Gasteiger partial charge in [-0.15, -0.1) is 0 Å². The maximum Gasteiger partial charge on any atom is 0.261 e. The Morgan fingerprint density at radius 2 is 1.44 bits per heavy atom. The Labute approximate surface area is 160 Å². The second-order valence-electron chi connectivity index (χ2n) is 8.19. The zero-order chi connectivity index (χ0) is 19.8. The molecule has 4 heteroatoms. The fourth-order valence-corrected chi connectivity index (χ4v) is 3.32. The van der Waals surface area contributed by atoms with Gasteiger partial charge in [0.15, 0.2) is 5.78 Å². The van der Waals surface area contributed by atoms with Crippen LogP contribution in [0.5, 0.6) is 0 Å². The van der Waals surface area contributed by atoms with Gasteiger partial charge in [-0.05, 0) is 29.5 Å². The number of carbonyl (C=O) groups is 3. The summed E-state index contributed by atoms with van der Waals surface area (Å²) in [5, 5.41) is 0. The first-order valence-electron chi connectivity index (χ1n) is 9.30.